The van der Waals surface area contributed by atoms with Crippen LogP contribution in [0.4, 0.5) is 4.79 Å². The van der Waals surface area contributed by atoms with Crippen LogP contribution in [0.1, 0.15) is 117 Å². The van der Waals surface area contributed by atoms with Crippen LogP contribution in [0.15, 0.2) is 36.4 Å². The van der Waals surface area contributed by atoms with Gasteiger partial charge in [-0.2, -0.15) is 0 Å². The average Bonchev–Trinajstić information content (AvgIpc) is 2.98. The SMILES string of the molecule is CCCCCCCCCCCCC/C=C/[C@@H](OCc1ccc(OC)cc1)[C@H](CCP(=O)(OC)OC)NC(=O)OC(C)(C)C. The number of hydrogen-bond donors (Lipinski definition) is 1. The Hall–Kier alpha value is -1.86. The summed E-state index contributed by atoms with van der Waals surface area (Å²) in [7, 11) is 1.08. The van der Waals surface area contributed by atoms with E-state index in [1.807, 2.05) is 51.1 Å². The third kappa shape index (κ3) is 19.2. The molecule has 1 N–H and O–H groups in total. The molecule has 0 heterocycles. The highest BCUT2D eigenvalue weighted by Crippen LogP contribution is 2.47. The lowest BCUT2D eigenvalue weighted by atomic mass is 10.0. The van der Waals surface area contributed by atoms with Gasteiger partial charge in [0.15, 0.2) is 0 Å². The van der Waals surface area contributed by atoms with E-state index in [2.05, 4.69) is 18.3 Å². The predicted octanol–water partition coefficient (Wildman–Crippen LogP) is 9.61. The molecule has 0 bridgehead atoms. The van der Waals surface area contributed by atoms with Gasteiger partial charge in [-0.15, -0.1) is 0 Å². The summed E-state index contributed by atoms with van der Waals surface area (Å²) in [5.41, 5.74) is 0.313. The van der Waals surface area contributed by atoms with Gasteiger partial charge in [0.1, 0.15) is 11.4 Å². The Labute approximate surface area is 262 Å². The van der Waals surface area contributed by atoms with Crippen molar-refractivity contribution in [3.8, 4) is 5.75 Å². The normalized spacial score (nSPS) is 13.7. The minimum Gasteiger partial charge on any atom is -0.497 e. The molecule has 0 aliphatic rings. The number of benzene rings is 1. The average molecular weight is 626 g/mol. The van der Waals surface area contributed by atoms with E-state index in [1.165, 1.54) is 78.4 Å². The van der Waals surface area contributed by atoms with Crippen LogP contribution in [0.2, 0.25) is 0 Å². The van der Waals surface area contributed by atoms with Gasteiger partial charge in [0.05, 0.1) is 32.0 Å². The molecule has 1 amide bonds. The van der Waals surface area contributed by atoms with Crippen molar-refractivity contribution < 1.29 is 32.6 Å². The van der Waals surface area contributed by atoms with E-state index in [-0.39, 0.29) is 6.16 Å². The molecule has 0 saturated heterocycles. The first-order valence-corrected chi connectivity index (χ1v) is 17.9. The number of alkyl carbamates (subject to hydrolysis) is 1. The number of carbonyl (C=O) groups excluding carboxylic acids is 1. The summed E-state index contributed by atoms with van der Waals surface area (Å²) in [6.07, 6.45) is 18.8. The summed E-state index contributed by atoms with van der Waals surface area (Å²) in [4.78, 5) is 12.8. The summed E-state index contributed by atoms with van der Waals surface area (Å²) < 4.78 is 40.3. The highest BCUT2D eigenvalue weighted by atomic mass is 31.2. The first kappa shape index (κ1) is 39.2. The molecule has 0 aliphatic heterocycles. The number of hydrogen-bond acceptors (Lipinski definition) is 7. The van der Waals surface area contributed by atoms with Gasteiger partial charge in [0, 0.05) is 14.2 Å². The minimum absolute atomic E-state index is 0.120. The fourth-order valence-corrected chi connectivity index (χ4v) is 5.82. The molecule has 1 aromatic carbocycles. The molecule has 8 nitrogen and oxygen atoms in total. The number of ether oxygens (including phenoxy) is 3. The summed E-state index contributed by atoms with van der Waals surface area (Å²) in [6.45, 7) is 8.04. The molecule has 248 valence electrons. The van der Waals surface area contributed by atoms with Crippen LogP contribution in [0.3, 0.4) is 0 Å². The van der Waals surface area contributed by atoms with E-state index < -0.39 is 31.4 Å². The van der Waals surface area contributed by atoms with Gasteiger partial charge in [0.2, 0.25) is 0 Å². The van der Waals surface area contributed by atoms with Crippen molar-refractivity contribution >= 4 is 13.7 Å². The molecular formula is C34H60NO7P. The second kappa shape index (κ2) is 22.6. The first-order chi connectivity index (χ1) is 20.6. The summed E-state index contributed by atoms with van der Waals surface area (Å²) in [5.74, 6) is 0.770. The van der Waals surface area contributed by atoms with Crippen LogP contribution in [0.5, 0.6) is 5.75 Å². The smallest absolute Gasteiger partial charge is 0.407 e. The standard InChI is InChI=1S/C34H60NO7P/c1-8-9-10-11-12-13-14-15-16-17-18-19-20-21-32(41-28-29-22-24-30(38-5)25-23-29)31(26-27-43(37,39-6)40-7)35-33(36)42-34(2,3)4/h20-25,31-32H,8-19,26-28H2,1-7H3,(H,35,36)/b21-20+/t31-,32+/m0/s1. The first-order valence-electron chi connectivity index (χ1n) is 16.2. The molecule has 0 aromatic heterocycles. The van der Waals surface area contributed by atoms with Gasteiger partial charge in [-0.05, 0) is 57.7 Å². The van der Waals surface area contributed by atoms with Gasteiger partial charge < -0.3 is 28.6 Å². The molecule has 2 atom stereocenters. The third-order valence-corrected chi connectivity index (χ3v) is 9.19. The van der Waals surface area contributed by atoms with Gasteiger partial charge >= 0.3 is 13.7 Å². The summed E-state index contributed by atoms with van der Waals surface area (Å²) >= 11 is 0. The lowest BCUT2D eigenvalue weighted by Crippen LogP contribution is -2.46. The number of unbranched alkanes of at least 4 members (excludes halogenated alkanes) is 11. The van der Waals surface area contributed by atoms with Crippen molar-refractivity contribution in [2.75, 3.05) is 27.5 Å². The van der Waals surface area contributed by atoms with Crippen molar-refractivity contribution in [1.82, 2.24) is 5.32 Å². The van der Waals surface area contributed by atoms with E-state index in [0.717, 1.165) is 24.2 Å². The number of rotatable bonds is 24. The Kier molecular flexibility index (Phi) is 20.6. The van der Waals surface area contributed by atoms with E-state index in [0.29, 0.717) is 13.0 Å². The molecule has 0 aliphatic carbocycles. The van der Waals surface area contributed by atoms with Crippen LogP contribution >= 0.6 is 7.60 Å². The van der Waals surface area contributed by atoms with E-state index in [1.54, 1.807) is 7.11 Å². The lowest BCUT2D eigenvalue weighted by Gasteiger charge is -2.29. The topological polar surface area (TPSA) is 92.3 Å². The van der Waals surface area contributed by atoms with Gasteiger partial charge in [-0.25, -0.2) is 4.79 Å². The van der Waals surface area contributed by atoms with Crippen molar-refractivity contribution in [2.45, 2.75) is 136 Å². The fraction of sp³-hybridized carbons (Fsp3) is 0.735. The van der Waals surface area contributed by atoms with Crippen LogP contribution < -0.4 is 10.1 Å². The second-order valence-corrected chi connectivity index (χ2v) is 14.5. The van der Waals surface area contributed by atoms with Crippen molar-refractivity contribution in [3.63, 3.8) is 0 Å². The second-order valence-electron chi connectivity index (χ2n) is 12.1. The molecule has 0 radical (unpaired) electrons. The molecule has 0 spiro atoms. The largest absolute Gasteiger partial charge is 0.497 e. The van der Waals surface area contributed by atoms with E-state index in [9.17, 15) is 9.36 Å². The molecule has 0 saturated carbocycles. The van der Waals surface area contributed by atoms with Gasteiger partial charge in [0.25, 0.3) is 0 Å². The Balaban J connectivity index is 2.84. The monoisotopic (exact) mass is 625 g/mol. The summed E-state index contributed by atoms with van der Waals surface area (Å²) in [5, 5.41) is 2.96. The Bertz CT molecular complexity index is 922. The zero-order valence-corrected chi connectivity index (χ0v) is 28.9. The fourth-order valence-electron chi connectivity index (χ4n) is 4.71. The number of methoxy groups -OCH3 is 1. The third-order valence-electron chi connectivity index (χ3n) is 7.27. The van der Waals surface area contributed by atoms with Crippen LogP contribution in [-0.4, -0.2) is 51.3 Å². The zero-order valence-electron chi connectivity index (χ0n) is 28.0. The molecule has 9 heteroatoms. The van der Waals surface area contributed by atoms with Crippen LogP contribution in [0, 0.1) is 0 Å². The molecule has 43 heavy (non-hydrogen) atoms. The lowest BCUT2D eigenvalue weighted by molar-refractivity contribution is 0.0255. The van der Waals surface area contributed by atoms with Gasteiger partial charge in [-0.3, -0.25) is 4.57 Å². The Morgan fingerprint density at radius 2 is 1.44 bits per heavy atom. The molecular weight excluding hydrogens is 565 g/mol. The maximum Gasteiger partial charge on any atom is 0.407 e. The number of allylic oxidation sites excluding steroid dienone is 1. The quantitative estimate of drug-likeness (QED) is 0.0695. The molecule has 1 aromatic rings. The molecule has 1 rings (SSSR count). The number of amides is 1. The van der Waals surface area contributed by atoms with E-state index >= 15 is 0 Å². The maximum absolute atomic E-state index is 12.9. The maximum atomic E-state index is 12.9. The Morgan fingerprint density at radius 1 is 0.884 bits per heavy atom. The number of nitrogens with one attached hydrogen (secondary N) is 1. The predicted molar refractivity (Wildman–Crippen MR) is 176 cm³/mol. The molecule has 0 fully saturated rings. The summed E-state index contributed by atoms with van der Waals surface area (Å²) in [6, 6.07) is 7.16. The van der Waals surface area contributed by atoms with Gasteiger partial charge in [-0.1, -0.05) is 95.4 Å². The van der Waals surface area contributed by atoms with Crippen LogP contribution in [-0.2, 0) is 29.7 Å². The molecule has 0 unspecified atom stereocenters. The van der Waals surface area contributed by atoms with Crippen molar-refractivity contribution in [1.29, 1.82) is 0 Å². The van der Waals surface area contributed by atoms with Crippen molar-refractivity contribution in [2.24, 2.45) is 0 Å². The van der Waals surface area contributed by atoms with Crippen molar-refractivity contribution in [3.05, 3.63) is 42.0 Å². The highest BCUT2D eigenvalue weighted by Gasteiger charge is 2.29. The zero-order chi connectivity index (χ0) is 32.0. The number of carbonyl (C=O) groups is 1. The van der Waals surface area contributed by atoms with E-state index in [4.69, 9.17) is 23.3 Å². The highest BCUT2D eigenvalue weighted by molar-refractivity contribution is 7.53. The van der Waals surface area contributed by atoms with Crippen LogP contribution in [0.25, 0.3) is 0 Å². The Morgan fingerprint density at radius 3 is 1.95 bits per heavy atom. The minimum atomic E-state index is -3.29.